The smallest absolute Gasteiger partial charge is 0.325 e. The second-order valence-electron chi connectivity index (χ2n) is 8.46. The van der Waals surface area contributed by atoms with Gasteiger partial charge in [-0.15, -0.1) is 11.3 Å². The fourth-order valence-electron chi connectivity index (χ4n) is 4.10. The molecule has 190 valence electrons. The highest BCUT2D eigenvalue weighted by Gasteiger charge is 2.28. The second kappa shape index (κ2) is 12.3. The highest BCUT2D eigenvalue weighted by atomic mass is 35.5. The van der Waals surface area contributed by atoms with Gasteiger partial charge in [0.1, 0.15) is 28.5 Å². The highest BCUT2D eigenvalue weighted by molar-refractivity contribution is 7.98. The number of benzene rings is 1. The lowest BCUT2D eigenvalue weighted by molar-refractivity contribution is -0.138. The largest absolute Gasteiger partial charge is 0.468 e. The molecule has 8 nitrogen and oxygen atoms in total. The maximum Gasteiger partial charge on any atom is 0.325 e. The van der Waals surface area contributed by atoms with Crippen molar-refractivity contribution in [3.63, 3.8) is 0 Å². The van der Waals surface area contributed by atoms with E-state index in [2.05, 4.69) is 15.8 Å². The Balaban J connectivity index is 1.70. The van der Waals surface area contributed by atoms with Crippen molar-refractivity contribution in [1.82, 2.24) is 9.97 Å². The van der Waals surface area contributed by atoms with Crippen LogP contribution in [-0.2, 0) is 15.3 Å². The molecule has 37 heavy (non-hydrogen) atoms. The number of methoxy groups -OCH3 is 1. The Bertz CT molecular complexity index is 1360. The van der Waals surface area contributed by atoms with E-state index < -0.39 is 5.97 Å². The molecule has 3 aromatic rings. The van der Waals surface area contributed by atoms with Gasteiger partial charge in [0.05, 0.1) is 30.6 Å². The third kappa shape index (κ3) is 6.16. The molecule has 0 aliphatic carbocycles. The first kappa shape index (κ1) is 26.7. The number of nitrogens with zero attached hydrogens (tertiary/aromatic N) is 6. The van der Waals surface area contributed by atoms with Crippen molar-refractivity contribution >= 4 is 57.9 Å². The molecule has 2 aromatic heterocycles. The van der Waals surface area contributed by atoms with E-state index in [4.69, 9.17) is 32.9 Å². The third-order valence-corrected chi connectivity index (χ3v) is 8.15. The number of likely N-dealkylation sites (N-methyl/N-ethyl adjacent to an activating group) is 1. The maximum atomic E-state index is 12.0. The molecule has 1 aliphatic rings. The Morgan fingerprint density at radius 2 is 2.03 bits per heavy atom. The molecule has 0 amide bonds. The minimum Gasteiger partial charge on any atom is -0.468 e. The van der Waals surface area contributed by atoms with E-state index in [0.29, 0.717) is 32.9 Å². The maximum absolute atomic E-state index is 12.0. The summed E-state index contributed by atoms with van der Waals surface area (Å²) in [4.78, 5) is 29.0. The molecule has 4 rings (SSSR count). The molecule has 0 atom stereocenters. The van der Waals surface area contributed by atoms with Crippen LogP contribution in [0.3, 0.4) is 0 Å². The van der Waals surface area contributed by atoms with E-state index in [0.717, 1.165) is 48.6 Å². The molecule has 3 heterocycles. The molecule has 0 bridgehead atoms. The molecule has 0 unspecified atom stereocenters. The van der Waals surface area contributed by atoms with Crippen molar-refractivity contribution in [2.75, 3.05) is 43.6 Å². The summed E-state index contributed by atoms with van der Waals surface area (Å²) in [5.74, 6) is 0.432. The van der Waals surface area contributed by atoms with Gasteiger partial charge in [-0.25, -0.2) is 14.8 Å². The van der Waals surface area contributed by atoms with Crippen LogP contribution < -0.4 is 9.80 Å². The SMILES string of the molecule is [C-]#[N+]c1c(N(C)CC(=O)OC)nc(SCc2csc(-c3ccc(Cl)cc3)n2)c(C#N)c1N1CCCCC1. The van der Waals surface area contributed by atoms with Crippen molar-refractivity contribution in [3.05, 3.63) is 57.3 Å². The summed E-state index contributed by atoms with van der Waals surface area (Å²) in [6, 6.07) is 9.86. The van der Waals surface area contributed by atoms with Crippen molar-refractivity contribution in [2.24, 2.45) is 0 Å². The van der Waals surface area contributed by atoms with E-state index >= 15 is 0 Å². The zero-order valence-corrected chi connectivity index (χ0v) is 22.9. The lowest BCUT2D eigenvalue weighted by Gasteiger charge is -2.32. The monoisotopic (exact) mass is 552 g/mol. The number of nitriles is 1. The predicted molar refractivity (Wildman–Crippen MR) is 149 cm³/mol. The molecule has 0 radical (unpaired) electrons. The van der Waals surface area contributed by atoms with E-state index in [1.54, 1.807) is 23.3 Å². The zero-order valence-electron chi connectivity index (χ0n) is 20.5. The number of aromatic nitrogens is 2. The summed E-state index contributed by atoms with van der Waals surface area (Å²) in [5, 5.41) is 14.3. The lowest BCUT2D eigenvalue weighted by Crippen LogP contribution is -2.32. The summed E-state index contributed by atoms with van der Waals surface area (Å²) in [7, 11) is 3.03. The summed E-state index contributed by atoms with van der Waals surface area (Å²) in [6.45, 7) is 9.40. The number of carbonyl (C=O) groups excluding carboxylic acids is 1. The molecular weight excluding hydrogens is 528 g/mol. The van der Waals surface area contributed by atoms with E-state index in [1.165, 1.54) is 18.9 Å². The summed E-state index contributed by atoms with van der Waals surface area (Å²) >= 11 is 8.96. The van der Waals surface area contributed by atoms with Gasteiger partial charge in [-0.1, -0.05) is 35.5 Å². The Hall–Kier alpha value is -3.31. The number of hydrogen-bond donors (Lipinski definition) is 0. The number of esters is 1. The van der Waals surface area contributed by atoms with Gasteiger partial charge in [0.15, 0.2) is 0 Å². The number of thiazole rings is 1. The number of hydrogen-bond acceptors (Lipinski definition) is 9. The standard InChI is InChI=1S/C26H25ClN6O2S2/c1-29-22-23(33-11-5-4-6-12-33)20(13-28)26(31-24(22)32(2)14-21(34)35-3)37-16-19-15-36-25(30-19)17-7-9-18(27)10-8-17/h7-10,15H,4-6,11-12,14,16H2,2-3H3. The topological polar surface area (TPSA) is 86.7 Å². The predicted octanol–water partition coefficient (Wildman–Crippen LogP) is 6.17. The number of pyridine rings is 1. The van der Waals surface area contributed by atoms with Crippen molar-refractivity contribution in [1.29, 1.82) is 5.26 Å². The number of halogens is 1. The molecule has 1 aliphatic heterocycles. The Kier molecular flexibility index (Phi) is 8.88. The van der Waals surface area contributed by atoms with Crippen molar-refractivity contribution in [3.8, 4) is 16.6 Å². The minimum atomic E-state index is -0.435. The number of piperidine rings is 1. The normalized spacial score (nSPS) is 13.1. The molecular formula is C26H25ClN6O2S2. The highest BCUT2D eigenvalue weighted by Crippen LogP contribution is 2.44. The van der Waals surface area contributed by atoms with Gasteiger partial charge >= 0.3 is 5.97 Å². The molecule has 1 saturated heterocycles. The van der Waals surface area contributed by atoms with Crippen LogP contribution in [0, 0.1) is 17.9 Å². The van der Waals surface area contributed by atoms with Crippen LogP contribution >= 0.6 is 34.7 Å². The Morgan fingerprint density at radius 3 is 2.68 bits per heavy atom. The Labute approximate surface area is 229 Å². The van der Waals surface area contributed by atoms with E-state index in [1.807, 2.05) is 29.6 Å². The van der Waals surface area contributed by atoms with Gasteiger partial charge in [0, 0.05) is 41.9 Å². The van der Waals surface area contributed by atoms with E-state index in [-0.39, 0.29) is 12.2 Å². The summed E-state index contributed by atoms with van der Waals surface area (Å²) in [5.41, 5.74) is 3.13. The van der Waals surface area contributed by atoms with E-state index in [9.17, 15) is 10.1 Å². The second-order valence-corrected chi connectivity index (χ2v) is 10.7. The summed E-state index contributed by atoms with van der Waals surface area (Å²) < 4.78 is 4.82. The van der Waals surface area contributed by atoms with Gasteiger partial charge in [0.25, 0.3) is 5.69 Å². The third-order valence-electron chi connectivity index (χ3n) is 5.95. The number of anilines is 2. The van der Waals surface area contributed by atoms with Crippen molar-refractivity contribution < 1.29 is 9.53 Å². The summed E-state index contributed by atoms with van der Waals surface area (Å²) in [6.07, 6.45) is 3.10. The number of thioether (sulfide) groups is 1. The first-order valence-corrected chi connectivity index (χ1v) is 13.9. The van der Waals surface area contributed by atoms with Gasteiger partial charge < -0.3 is 14.5 Å². The molecule has 0 N–H and O–H groups in total. The number of carbonyl (C=O) groups is 1. The van der Waals surface area contributed by atoms with Gasteiger partial charge in [0.2, 0.25) is 0 Å². The quantitative estimate of drug-likeness (QED) is 0.186. The van der Waals surface area contributed by atoms with Crippen LogP contribution in [0.25, 0.3) is 15.4 Å². The van der Waals surface area contributed by atoms with Crippen LogP contribution in [0.15, 0.2) is 34.7 Å². The van der Waals surface area contributed by atoms with Crippen LogP contribution in [0.4, 0.5) is 17.2 Å². The van der Waals surface area contributed by atoms with Crippen LogP contribution in [0.1, 0.15) is 30.5 Å². The van der Waals surface area contributed by atoms with Crippen molar-refractivity contribution in [2.45, 2.75) is 30.0 Å². The Morgan fingerprint density at radius 1 is 1.30 bits per heavy atom. The molecule has 1 aromatic carbocycles. The first-order chi connectivity index (χ1) is 17.9. The first-order valence-electron chi connectivity index (χ1n) is 11.7. The fraction of sp³-hybridized carbons (Fsp3) is 0.346. The molecule has 0 spiro atoms. The fourth-order valence-corrected chi connectivity index (χ4v) is 6.03. The van der Waals surface area contributed by atoms with Crippen LogP contribution in [-0.4, -0.2) is 49.7 Å². The number of ether oxygens (including phenoxy) is 1. The van der Waals surface area contributed by atoms with Gasteiger partial charge in [-0.2, -0.15) is 5.26 Å². The zero-order chi connectivity index (χ0) is 26.4. The van der Waals surface area contributed by atoms with Crippen LogP contribution in [0.5, 0.6) is 0 Å². The average molecular weight is 553 g/mol. The van der Waals surface area contributed by atoms with Gasteiger partial charge in [-0.05, 0) is 31.4 Å². The molecule has 11 heteroatoms. The lowest BCUT2D eigenvalue weighted by atomic mass is 10.1. The molecule has 0 saturated carbocycles. The minimum absolute atomic E-state index is 0.0575. The van der Waals surface area contributed by atoms with Gasteiger partial charge in [-0.3, -0.25) is 4.79 Å². The number of rotatable bonds is 8. The molecule has 1 fully saturated rings. The average Bonchev–Trinajstić information content (AvgIpc) is 3.40. The van der Waals surface area contributed by atoms with Crippen LogP contribution in [0.2, 0.25) is 5.02 Å².